The van der Waals surface area contributed by atoms with Crippen molar-refractivity contribution in [1.82, 2.24) is 0 Å². The van der Waals surface area contributed by atoms with Crippen molar-refractivity contribution in [3.8, 4) is 11.8 Å². The highest BCUT2D eigenvalue weighted by molar-refractivity contribution is 5.95. The fourth-order valence-electron chi connectivity index (χ4n) is 2.12. The third-order valence-electron chi connectivity index (χ3n) is 3.49. The number of rotatable bonds is 9. The molecule has 0 spiro atoms. The summed E-state index contributed by atoms with van der Waals surface area (Å²) in [5.41, 5.74) is 0.682. The van der Waals surface area contributed by atoms with Gasteiger partial charge in [0.1, 0.15) is 0 Å². The quantitative estimate of drug-likeness (QED) is 0.383. The van der Waals surface area contributed by atoms with Crippen LogP contribution in [0, 0.1) is 11.8 Å². The minimum Gasteiger partial charge on any atom is -0.462 e. The first-order chi connectivity index (χ1) is 11.6. The van der Waals surface area contributed by atoms with E-state index in [-0.39, 0.29) is 0 Å². The predicted molar refractivity (Wildman–Crippen MR) is 93.8 cm³/mol. The van der Waals surface area contributed by atoms with Crippen LogP contribution in [0.4, 0.5) is 0 Å². The Labute approximate surface area is 144 Å². The van der Waals surface area contributed by atoms with Crippen LogP contribution in [0.3, 0.4) is 0 Å². The van der Waals surface area contributed by atoms with Gasteiger partial charge in [-0.2, -0.15) is 0 Å². The van der Waals surface area contributed by atoms with Gasteiger partial charge in [-0.3, -0.25) is 0 Å². The molecule has 4 heteroatoms. The first kappa shape index (κ1) is 19.8. The molecule has 0 amide bonds. The zero-order valence-electron chi connectivity index (χ0n) is 14.8. The van der Waals surface area contributed by atoms with E-state index in [1.807, 2.05) is 6.92 Å². The summed E-state index contributed by atoms with van der Waals surface area (Å²) in [6, 6.07) is 6.40. The van der Waals surface area contributed by atoms with E-state index in [1.165, 1.54) is 6.07 Å². The predicted octanol–water partition coefficient (Wildman–Crippen LogP) is 4.38. The van der Waals surface area contributed by atoms with Gasteiger partial charge in [-0.15, -0.1) is 5.92 Å². The smallest absolute Gasteiger partial charge is 0.339 e. The topological polar surface area (TPSA) is 52.6 Å². The van der Waals surface area contributed by atoms with Gasteiger partial charge in [-0.05, 0) is 38.0 Å². The summed E-state index contributed by atoms with van der Waals surface area (Å²) >= 11 is 0. The number of esters is 2. The Morgan fingerprint density at radius 3 is 2.42 bits per heavy atom. The summed E-state index contributed by atoms with van der Waals surface area (Å²) in [6.45, 7) is 6.13. The minimum atomic E-state index is -0.484. The third kappa shape index (κ3) is 6.87. The standard InChI is InChI=1S/C20H26O4/c1-4-7-8-9-14-23-19(21)16-12-10-13-17(15-16)20(22)24-18(6-3)11-5-2/h10,12-13,15,18H,4,6-9,14H2,1-3H3. The van der Waals surface area contributed by atoms with Crippen LogP contribution in [0.2, 0.25) is 0 Å². The molecule has 24 heavy (non-hydrogen) atoms. The van der Waals surface area contributed by atoms with Crippen molar-refractivity contribution >= 4 is 11.9 Å². The molecule has 0 bridgehead atoms. The summed E-state index contributed by atoms with van der Waals surface area (Å²) < 4.78 is 10.6. The Hall–Kier alpha value is -2.28. The fraction of sp³-hybridized carbons (Fsp3) is 0.500. The Morgan fingerprint density at radius 2 is 1.79 bits per heavy atom. The molecular formula is C20H26O4. The fourth-order valence-corrected chi connectivity index (χ4v) is 2.12. The van der Waals surface area contributed by atoms with Crippen LogP contribution in [0.25, 0.3) is 0 Å². The van der Waals surface area contributed by atoms with Crippen molar-refractivity contribution < 1.29 is 19.1 Å². The molecule has 4 nitrogen and oxygen atoms in total. The lowest BCUT2D eigenvalue weighted by Gasteiger charge is -2.11. The number of unbranched alkanes of at least 4 members (excludes halogenated alkanes) is 3. The maximum absolute atomic E-state index is 12.2. The average Bonchev–Trinajstić information content (AvgIpc) is 2.61. The van der Waals surface area contributed by atoms with E-state index in [4.69, 9.17) is 9.47 Å². The van der Waals surface area contributed by atoms with Crippen molar-refractivity contribution in [3.05, 3.63) is 35.4 Å². The maximum Gasteiger partial charge on any atom is 0.339 e. The number of hydrogen-bond donors (Lipinski definition) is 0. The van der Waals surface area contributed by atoms with Crippen LogP contribution in [-0.4, -0.2) is 24.6 Å². The van der Waals surface area contributed by atoms with Gasteiger partial charge in [0.2, 0.25) is 0 Å². The molecule has 0 heterocycles. The van der Waals surface area contributed by atoms with Gasteiger partial charge in [0.15, 0.2) is 6.10 Å². The lowest BCUT2D eigenvalue weighted by molar-refractivity contribution is 0.0404. The first-order valence-corrected chi connectivity index (χ1v) is 8.52. The number of hydrogen-bond acceptors (Lipinski definition) is 4. The Bertz CT molecular complexity index is 595. The average molecular weight is 330 g/mol. The summed E-state index contributed by atoms with van der Waals surface area (Å²) in [4.78, 5) is 24.2. The van der Waals surface area contributed by atoms with Crippen LogP contribution >= 0.6 is 0 Å². The normalized spacial score (nSPS) is 11.1. The molecule has 1 rings (SSSR count). The van der Waals surface area contributed by atoms with E-state index < -0.39 is 18.0 Å². The Kier molecular flexibility index (Phi) is 9.29. The van der Waals surface area contributed by atoms with Crippen LogP contribution in [0.1, 0.15) is 73.6 Å². The molecule has 0 aliphatic carbocycles. The van der Waals surface area contributed by atoms with Crippen molar-refractivity contribution in [2.24, 2.45) is 0 Å². The molecule has 130 valence electrons. The van der Waals surface area contributed by atoms with Crippen molar-refractivity contribution in [2.75, 3.05) is 6.61 Å². The van der Waals surface area contributed by atoms with Gasteiger partial charge in [0, 0.05) is 0 Å². The molecule has 0 aromatic heterocycles. The zero-order valence-corrected chi connectivity index (χ0v) is 14.8. The summed E-state index contributed by atoms with van der Waals surface area (Å²) in [5, 5.41) is 0. The van der Waals surface area contributed by atoms with Gasteiger partial charge in [0.25, 0.3) is 0 Å². The van der Waals surface area contributed by atoms with Gasteiger partial charge in [-0.25, -0.2) is 9.59 Å². The van der Waals surface area contributed by atoms with E-state index in [0.29, 0.717) is 24.2 Å². The second-order valence-electron chi connectivity index (χ2n) is 5.47. The molecule has 0 radical (unpaired) electrons. The van der Waals surface area contributed by atoms with Crippen LogP contribution in [0.5, 0.6) is 0 Å². The molecular weight excluding hydrogens is 304 g/mol. The van der Waals surface area contributed by atoms with E-state index in [2.05, 4.69) is 18.8 Å². The first-order valence-electron chi connectivity index (χ1n) is 8.52. The highest BCUT2D eigenvalue weighted by atomic mass is 16.5. The monoisotopic (exact) mass is 330 g/mol. The van der Waals surface area contributed by atoms with E-state index >= 15 is 0 Å². The number of ether oxygens (including phenoxy) is 2. The number of carbonyl (C=O) groups is 2. The summed E-state index contributed by atoms with van der Waals surface area (Å²) in [7, 11) is 0. The van der Waals surface area contributed by atoms with E-state index in [1.54, 1.807) is 25.1 Å². The van der Waals surface area contributed by atoms with Gasteiger partial charge in [0.05, 0.1) is 17.7 Å². The van der Waals surface area contributed by atoms with Crippen molar-refractivity contribution in [3.63, 3.8) is 0 Å². The number of carbonyl (C=O) groups excluding carboxylic acids is 2. The highest BCUT2D eigenvalue weighted by Gasteiger charge is 2.15. The molecule has 0 fully saturated rings. The van der Waals surface area contributed by atoms with E-state index in [0.717, 1.165) is 25.7 Å². The maximum atomic E-state index is 12.2. The lowest BCUT2D eigenvalue weighted by Crippen LogP contribution is -2.16. The molecule has 0 aliphatic heterocycles. The SMILES string of the molecule is CC#CC(CC)OC(=O)c1cccc(C(=O)OCCCCCC)c1. The zero-order chi connectivity index (χ0) is 17.8. The second kappa shape index (κ2) is 11.3. The van der Waals surface area contributed by atoms with Gasteiger partial charge < -0.3 is 9.47 Å². The van der Waals surface area contributed by atoms with Crippen LogP contribution in [0.15, 0.2) is 24.3 Å². The van der Waals surface area contributed by atoms with Crippen LogP contribution in [-0.2, 0) is 9.47 Å². The molecule has 1 unspecified atom stereocenters. The molecule has 0 N–H and O–H groups in total. The molecule has 1 aromatic rings. The minimum absolute atomic E-state index is 0.326. The Morgan fingerprint density at radius 1 is 1.08 bits per heavy atom. The Balaban J connectivity index is 2.63. The molecule has 1 atom stereocenters. The summed E-state index contributed by atoms with van der Waals surface area (Å²) in [6.07, 6.45) is 4.36. The second-order valence-corrected chi connectivity index (χ2v) is 5.47. The van der Waals surface area contributed by atoms with Gasteiger partial charge in [-0.1, -0.05) is 45.1 Å². The summed E-state index contributed by atoms with van der Waals surface area (Å²) in [5.74, 6) is 4.67. The lowest BCUT2D eigenvalue weighted by atomic mass is 10.1. The van der Waals surface area contributed by atoms with Crippen molar-refractivity contribution in [2.45, 2.75) is 59.0 Å². The molecule has 0 saturated heterocycles. The van der Waals surface area contributed by atoms with Crippen LogP contribution < -0.4 is 0 Å². The molecule has 1 aromatic carbocycles. The number of benzene rings is 1. The molecule has 0 aliphatic rings. The van der Waals surface area contributed by atoms with Crippen molar-refractivity contribution in [1.29, 1.82) is 0 Å². The highest BCUT2D eigenvalue weighted by Crippen LogP contribution is 2.11. The largest absolute Gasteiger partial charge is 0.462 e. The van der Waals surface area contributed by atoms with Gasteiger partial charge >= 0.3 is 11.9 Å². The molecule has 0 saturated carbocycles. The van der Waals surface area contributed by atoms with E-state index in [9.17, 15) is 9.59 Å². The third-order valence-corrected chi connectivity index (χ3v) is 3.49.